The standard InChI is InChI=1S/C40H56O6/c1-7-9-14-29(8-2)19-18-28(3)37(44)46-38(45)32(17-13-24-41)25-31(21-20-30-15-11-10-12-16-30)35(36(42)43)27-34-26-33-22-23-40(34,6)39(33,4)5/h10-12,15-16,20-21,25,27,29,31,33-34,41H,3,7-9,13-14,17-19,22-24,26H2,1-2,4-6H3,(H,42,43). The van der Waals surface area contributed by atoms with Crippen LogP contribution in [-0.2, 0) is 19.1 Å². The molecule has 3 rings (SSSR count). The van der Waals surface area contributed by atoms with Crippen LogP contribution in [0, 0.1) is 34.5 Å². The van der Waals surface area contributed by atoms with Crippen molar-refractivity contribution in [2.75, 3.05) is 6.61 Å². The van der Waals surface area contributed by atoms with Gasteiger partial charge in [0.25, 0.3) is 0 Å². The largest absolute Gasteiger partial charge is 0.478 e. The van der Waals surface area contributed by atoms with Crippen molar-refractivity contribution in [3.63, 3.8) is 0 Å². The first-order valence-electron chi connectivity index (χ1n) is 17.3. The van der Waals surface area contributed by atoms with Gasteiger partial charge in [-0.3, -0.25) is 0 Å². The molecule has 252 valence electrons. The molecule has 2 bridgehead atoms. The molecule has 5 atom stereocenters. The molecule has 0 spiro atoms. The smallest absolute Gasteiger partial charge is 0.341 e. The molecule has 6 nitrogen and oxygen atoms in total. The average Bonchev–Trinajstić information content (AvgIpc) is 3.37. The van der Waals surface area contributed by atoms with Gasteiger partial charge in [0.1, 0.15) is 0 Å². The first kappa shape index (κ1) is 37.2. The van der Waals surface area contributed by atoms with Crippen molar-refractivity contribution in [1.29, 1.82) is 0 Å². The van der Waals surface area contributed by atoms with Crippen LogP contribution in [0.1, 0.15) is 111 Å². The van der Waals surface area contributed by atoms with Crippen molar-refractivity contribution in [2.24, 2.45) is 34.5 Å². The highest BCUT2D eigenvalue weighted by molar-refractivity contribution is 6.01. The number of hydrogen-bond acceptors (Lipinski definition) is 5. The van der Waals surface area contributed by atoms with Crippen molar-refractivity contribution in [3.8, 4) is 0 Å². The number of allylic oxidation sites excluding steroid dienone is 3. The van der Waals surface area contributed by atoms with Crippen molar-refractivity contribution in [1.82, 2.24) is 0 Å². The molecule has 0 heterocycles. The Hall–Kier alpha value is -3.25. The van der Waals surface area contributed by atoms with Crippen LogP contribution in [0.25, 0.3) is 6.08 Å². The van der Waals surface area contributed by atoms with Crippen molar-refractivity contribution in [2.45, 2.75) is 105 Å². The summed E-state index contributed by atoms with van der Waals surface area (Å²) in [5.74, 6) is -2.27. The second-order valence-corrected chi connectivity index (χ2v) is 14.2. The van der Waals surface area contributed by atoms with E-state index in [0.29, 0.717) is 18.3 Å². The molecule has 2 N–H and O–H groups in total. The lowest BCUT2D eigenvalue weighted by molar-refractivity contribution is -0.154. The molecule has 0 aromatic heterocycles. The summed E-state index contributed by atoms with van der Waals surface area (Å²) in [6.07, 6.45) is 16.4. The predicted molar refractivity (Wildman–Crippen MR) is 185 cm³/mol. The van der Waals surface area contributed by atoms with E-state index < -0.39 is 23.8 Å². The van der Waals surface area contributed by atoms with Crippen molar-refractivity contribution in [3.05, 3.63) is 77.4 Å². The molecule has 0 aliphatic heterocycles. The molecular formula is C40H56O6. The number of aliphatic carboxylic acids is 1. The summed E-state index contributed by atoms with van der Waals surface area (Å²) in [5.41, 5.74) is 1.60. The molecule has 2 aliphatic carbocycles. The van der Waals surface area contributed by atoms with E-state index in [2.05, 4.69) is 41.2 Å². The van der Waals surface area contributed by atoms with Gasteiger partial charge in [0.2, 0.25) is 0 Å². The van der Waals surface area contributed by atoms with Gasteiger partial charge >= 0.3 is 17.9 Å². The topological polar surface area (TPSA) is 101 Å². The number of carboxylic acid groups (broad SMARTS) is 1. The molecule has 0 amide bonds. The Morgan fingerprint density at radius 2 is 1.76 bits per heavy atom. The lowest BCUT2D eigenvalue weighted by atomic mass is 9.66. The van der Waals surface area contributed by atoms with E-state index in [-0.39, 0.29) is 52.9 Å². The second kappa shape index (κ2) is 17.1. The number of rotatable bonds is 18. The summed E-state index contributed by atoms with van der Waals surface area (Å²) in [5, 5.41) is 20.2. The molecule has 46 heavy (non-hydrogen) atoms. The molecule has 0 saturated heterocycles. The lowest BCUT2D eigenvalue weighted by Crippen LogP contribution is -2.32. The number of benzene rings is 1. The third-order valence-electron chi connectivity index (χ3n) is 11.3. The maximum atomic E-state index is 13.5. The number of unbranched alkanes of at least 4 members (excludes halogenated alkanes) is 1. The van der Waals surface area contributed by atoms with E-state index in [1.54, 1.807) is 12.2 Å². The molecule has 2 aliphatic rings. The van der Waals surface area contributed by atoms with E-state index in [0.717, 1.165) is 56.9 Å². The summed E-state index contributed by atoms with van der Waals surface area (Å²) in [6, 6.07) is 9.59. The van der Waals surface area contributed by atoms with Crippen LogP contribution in [0.2, 0.25) is 0 Å². The highest BCUT2D eigenvalue weighted by Crippen LogP contribution is 2.68. The normalized spacial score (nSPS) is 23.8. The fourth-order valence-corrected chi connectivity index (χ4v) is 7.57. The molecule has 6 heteroatoms. The number of ether oxygens (including phenoxy) is 1. The van der Waals surface area contributed by atoms with Crippen LogP contribution in [0.15, 0.2) is 71.9 Å². The SMILES string of the molecule is C=C(CCC(CC)CCCC)C(=O)OC(=O)C(=CC(C=Cc1ccccc1)C(=CC1CC2CCC1(C)C2(C)C)C(=O)O)CCCO. The Labute approximate surface area is 276 Å². The van der Waals surface area contributed by atoms with Crippen molar-refractivity contribution < 1.29 is 29.3 Å². The minimum Gasteiger partial charge on any atom is -0.478 e. The van der Waals surface area contributed by atoms with Gasteiger partial charge in [-0.25, -0.2) is 14.4 Å². The lowest BCUT2D eigenvalue weighted by Gasteiger charge is -2.38. The predicted octanol–water partition coefficient (Wildman–Crippen LogP) is 9.11. The Kier molecular flexibility index (Phi) is 13.8. The third-order valence-corrected chi connectivity index (χ3v) is 11.3. The van der Waals surface area contributed by atoms with Crippen LogP contribution >= 0.6 is 0 Å². The Bertz CT molecular complexity index is 1300. The Balaban J connectivity index is 1.93. The fourth-order valence-electron chi connectivity index (χ4n) is 7.57. The molecular weight excluding hydrogens is 576 g/mol. The first-order valence-corrected chi connectivity index (χ1v) is 17.3. The van der Waals surface area contributed by atoms with Gasteiger partial charge < -0.3 is 14.9 Å². The summed E-state index contributed by atoms with van der Waals surface area (Å²) in [7, 11) is 0. The van der Waals surface area contributed by atoms with Gasteiger partial charge in [-0.15, -0.1) is 0 Å². The van der Waals surface area contributed by atoms with Gasteiger partial charge in [0, 0.05) is 29.2 Å². The van der Waals surface area contributed by atoms with Gasteiger partial charge in [0.05, 0.1) is 0 Å². The summed E-state index contributed by atoms with van der Waals surface area (Å²) in [6.45, 7) is 14.9. The number of aliphatic hydroxyl groups excluding tert-OH is 1. The Morgan fingerprint density at radius 1 is 1.04 bits per heavy atom. The number of carbonyl (C=O) groups excluding carboxylic acids is 2. The number of esters is 2. The third kappa shape index (κ3) is 9.18. The van der Waals surface area contributed by atoms with Gasteiger partial charge in [0.15, 0.2) is 0 Å². The van der Waals surface area contributed by atoms with E-state index in [9.17, 15) is 24.6 Å². The van der Waals surface area contributed by atoms with Crippen LogP contribution in [0.4, 0.5) is 0 Å². The summed E-state index contributed by atoms with van der Waals surface area (Å²) >= 11 is 0. The van der Waals surface area contributed by atoms with Crippen LogP contribution in [0.3, 0.4) is 0 Å². The quantitative estimate of drug-likeness (QED) is 0.0951. The minimum atomic E-state index is -1.05. The number of carbonyl (C=O) groups is 3. The van der Waals surface area contributed by atoms with Crippen LogP contribution in [0.5, 0.6) is 0 Å². The van der Waals surface area contributed by atoms with Gasteiger partial charge in [-0.1, -0.05) is 122 Å². The summed E-state index contributed by atoms with van der Waals surface area (Å²) in [4.78, 5) is 39.3. The maximum absolute atomic E-state index is 13.5. The van der Waals surface area contributed by atoms with E-state index in [4.69, 9.17) is 4.74 Å². The second-order valence-electron chi connectivity index (χ2n) is 14.2. The van der Waals surface area contributed by atoms with Crippen molar-refractivity contribution >= 4 is 24.0 Å². The highest BCUT2D eigenvalue weighted by Gasteiger charge is 2.60. The summed E-state index contributed by atoms with van der Waals surface area (Å²) < 4.78 is 5.32. The molecule has 0 radical (unpaired) electrons. The average molecular weight is 633 g/mol. The zero-order valence-corrected chi connectivity index (χ0v) is 28.7. The molecule has 5 unspecified atom stereocenters. The van der Waals surface area contributed by atoms with Crippen LogP contribution in [-0.4, -0.2) is 34.7 Å². The Morgan fingerprint density at radius 3 is 2.33 bits per heavy atom. The molecule has 2 fully saturated rings. The molecule has 1 aromatic rings. The number of hydrogen-bond donors (Lipinski definition) is 2. The fraction of sp³-hybridized carbons (Fsp3) is 0.575. The van der Waals surface area contributed by atoms with Gasteiger partial charge in [-0.2, -0.15) is 0 Å². The first-order chi connectivity index (χ1) is 21.9. The van der Waals surface area contributed by atoms with Crippen LogP contribution < -0.4 is 0 Å². The van der Waals surface area contributed by atoms with E-state index in [1.165, 1.54) is 0 Å². The zero-order chi connectivity index (χ0) is 33.9. The zero-order valence-electron chi connectivity index (χ0n) is 28.7. The highest BCUT2D eigenvalue weighted by atomic mass is 16.6. The minimum absolute atomic E-state index is 0.0193. The number of carboxylic acids is 1. The molecule has 2 saturated carbocycles. The molecule has 1 aromatic carbocycles. The monoisotopic (exact) mass is 632 g/mol. The number of aliphatic hydroxyl groups is 1. The van der Waals surface area contributed by atoms with E-state index in [1.807, 2.05) is 42.5 Å². The van der Waals surface area contributed by atoms with E-state index >= 15 is 0 Å². The van der Waals surface area contributed by atoms with Gasteiger partial charge in [-0.05, 0) is 79.1 Å². The maximum Gasteiger partial charge on any atom is 0.341 e. The number of fused-ring (bicyclic) bond motifs is 2.